The smallest absolute Gasteiger partial charge is 0.230 e. The predicted molar refractivity (Wildman–Crippen MR) is 160 cm³/mol. The molecule has 4 aromatic heterocycles. The molecule has 0 aliphatic heterocycles. The van der Waals surface area contributed by atoms with E-state index in [1.54, 1.807) is 61.2 Å². The summed E-state index contributed by atoms with van der Waals surface area (Å²) in [5, 5.41) is 30.1. The molecule has 4 rings (SSSR count). The topological polar surface area (TPSA) is 147 Å². The molecule has 0 spiro atoms. The van der Waals surface area contributed by atoms with Crippen LogP contribution in [0.2, 0.25) is 0 Å². The third kappa shape index (κ3) is 7.03. The molecule has 11 heteroatoms. The molecule has 1 unspecified atom stereocenters. The fraction of sp³-hybridized carbons (Fsp3) is 0.323. The van der Waals surface area contributed by atoms with Crippen molar-refractivity contribution in [3.05, 3.63) is 73.0 Å². The Balaban J connectivity index is 1.49. The van der Waals surface area contributed by atoms with Crippen LogP contribution < -0.4 is 20.1 Å². The highest BCUT2D eigenvalue weighted by Crippen LogP contribution is 2.33. The van der Waals surface area contributed by atoms with Crippen molar-refractivity contribution in [3.63, 3.8) is 0 Å². The van der Waals surface area contributed by atoms with Crippen molar-refractivity contribution in [2.45, 2.75) is 46.1 Å². The van der Waals surface area contributed by atoms with Gasteiger partial charge in [-0.15, -0.1) is 0 Å². The summed E-state index contributed by atoms with van der Waals surface area (Å²) in [6.07, 6.45) is 7.37. The van der Waals surface area contributed by atoms with E-state index in [0.29, 0.717) is 58.3 Å². The van der Waals surface area contributed by atoms with Crippen LogP contribution in [0.15, 0.2) is 67.4 Å². The van der Waals surface area contributed by atoms with E-state index in [9.17, 15) is 15.2 Å². The van der Waals surface area contributed by atoms with Gasteiger partial charge < -0.3 is 25.2 Å². The third-order valence-electron chi connectivity index (χ3n) is 6.81. The Hall–Kier alpha value is -4.95. The molecule has 1 atom stereocenters. The van der Waals surface area contributed by atoms with E-state index >= 15 is 0 Å². The van der Waals surface area contributed by atoms with Crippen molar-refractivity contribution >= 4 is 22.9 Å². The normalized spacial score (nSPS) is 12.7. The van der Waals surface area contributed by atoms with Gasteiger partial charge in [-0.1, -0.05) is 20.4 Å². The lowest BCUT2D eigenvalue weighted by atomic mass is 9.81. The van der Waals surface area contributed by atoms with Crippen LogP contribution in [0.25, 0.3) is 16.6 Å². The van der Waals surface area contributed by atoms with Crippen molar-refractivity contribution < 1.29 is 19.4 Å². The molecule has 0 bridgehead atoms. The molecule has 218 valence electrons. The molecule has 42 heavy (non-hydrogen) atoms. The maximum atomic E-state index is 13.2. The fourth-order valence-electron chi connectivity index (χ4n) is 4.28. The van der Waals surface area contributed by atoms with Gasteiger partial charge in [-0.3, -0.25) is 4.79 Å². The lowest BCUT2D eigenvalue weighted by Crippen LogP contribution is -2.34. The molecule has 0 saturated heterocycles. The summed E-state index contributed by atoms with van der Waals surface area (Å²) < 4.78 is 12.5. The Bertz CT molecular complexity index is 1620. The molecule has 0 fully saturated rings. The number of aliphatic hydroxyl groups is 1. The number of nitriles is 1. The van der Waals surface area contributed by atoms with E-state index in [1.807, 2.05) is 19.9 Å². The Morgan fingerprint density at radius 2 is 1.93 bits per heavy atom. The van der Waals surface area contributed by atoms with Crippen LogP contribution in [0.3, 0.4) is 0 Å². The molecule has 1 amide bonds. The molecular weight excluding hydrogens is 534 g/mol. The van der Waals surface area contributed by atoms with Crippen molar-refractivity contribution in [1.82, 2.24) is 19.6 Å². The minimum atomic E-state index is -1.02. The summed E-state index contributed by atoms with van der Waals surface area (Å²) in [4.78, 5) is 21.9. The minimum Gasteiger partial charge on any atom is -0.489 e. The second-order valence-corrected chi connectivity index (χ2v) is 10.9. The van der Waals surface area contributed by atoms with Gasteiger partial charge in [0, 0.05) is 35.5 Å². The lowest BCUT2D eigenvalue weighted by molar-refractivity contribution is -0.124. The Kier molecular flexibility index (Phi) is 8.78. The van der Waals surface area contributed by atoms with E-state index < -0.39 is 11.0 Å². The zero-order valence-electron chi connectivity index (χ0n) is 24.4. The molecule has 4 aromatic rings. The van der Waals surface area contributed by atoms with Crippen LogP contribution in [0.1, 0.15) is 46.1 Å². The molecule has 0 aliphatic rings. The SMILES string of the molecule is C=C(CC(C)(CC)C(=O)Nc1ccc(OC)nc1)Nc1ccc(-c2cc(OCC(C)(C)O)cn3ncc(C#N)c23)cn1. The van der Waals surface area contributed by atoms with Crippen LogP contribution in [-0.2, 0) is 4.79 Å². The average molecular weight is 570 g/mol. The highest BCUT2D eigenvalue weighted by molar-refractivity contribution is 5.95. The van der Waals surface area contributed by atoms with Crippen LogP contribution in [0.5, 0.6) is 11.6 Å². The van der Waals surface area contributed by atoms with Gasteiger partial charge in [-0.2, -0.15) is 10.4 Å². The number of ether oxygens (including phenoxy) is 2. The van der Waals surface area contributed by atoms with E-state index in [1.165, 1.54) is 13.3 Å². The summed E-state index contributed by atoms with van der Waals surface area (Å²) in [6.45, 7) is 11.4. The van der Waals surface area contributed by atoms with Gasteiger partial charge in [-0.25, -0.2) is 14.5 Å². The fourth-order valence-corrected chi connectivity index (χ4v) is 4.28. The van der Waals surface area contributed by atoms with Crippen LogP contribution in [0, 0.1) is 16.7 Å². The second kappa shape index (κ2) is 12.3. The third-order valence-corrected chi connectivity index (χ3v) is 6.81. The van der Waals surface area contributed by atoms with Gasteiger partial charge in [0.05, 0.1) is 53.5 Å². The monoisotopic (exact) mass is 569 g/mol. The van der Waals surface area contributed by atoms with Crippen molar-refractivity contribution in [2.24, 2.45) is 5.41 Å². The van der Waals surface area contributed by atoms with E-state index in [2.05, 4.69) is 38.3 Å². The van der Waals surface area contributed by atoms with Gasteiger partial charge in [0.1, 0.15) is 24.2 Å². The summed E-state index contributed by atoms with van der Waals surface area (Å²) >= 11 is 0. The van der Waals surface area contributed by atoms with Crippen LogP contribution >= 0.6 is 0 Å². The maximum Gasteiger partial charge on any atom is 0.230 e. The molecule has 3 N–H and O–H groups in total. The summed E-state index contributed by atoms with van der Waals surface area (Å²) in [5.74, 6) is 1.37. The Labute approximate surface area is 244 Å². The molecular formula is C31H35N7O4. The number of carbonyl (C=O) groups excluding carboxylic acids is 1. The first-order chi connectivity index (χ1) is 19.9. The van der Waals surface area contributed by atoms with Crippen LogP contribution in [0.4, 0.5) is 11.5 Å². The van der Waals surface area contributed by atoms with Gasteiger partial charge in [0.25, 0.3) is 0 Å². The number of rotatable bonds is 12. The molecule has 0 saturated carbocycles. The lowest BCUT2D eigenvalue weighted by Gasteiger charge is -2.28. The largest absolute Gasteiger partial charge is 0.489 e. The molecule has 0 radical (unpaired) electrons. The summed E-state index contributed by atoms with van der Waals surface area (Å²) in [6, 6.07) is 11.1. The first kappa shape index (κ1) is 30.0. The molecule has 4 heterocycles. The number of amides is 1. The number of nitrogens with one attached hydrogen (secondary N) is 2. The maximum absolute atomic E-state index is 13.2. The first-order valence-electron chi connectivity index (χ1n) is 13.4. The van der Waals surface area contributed by atoms with Crippen LogP contribution in [-0.4, -0.2) is 49.9 Å². The molecule has 0 aromatic carbocycles. The first-order valence-corrected chi connectivity index (χ1v) is 13.4. The zero-order chi connectivity index (χ0) is 30.5. The minimum absolute atomic E-state index is 0.0826. The van der Waals surface area contributed by atoms with E-state index in [4.69, 9.17) is 9.47 Å². The van der Waals surface area contributed by atoms with Crippen molar-refractivity contribution in [3.8, 4) is 28.8 Å². The standard InChI is InChI=1S/C31H35N7O4/c1-7-31(5,29(39)37-23-9-11-27(41-6)34-17-23)13-20(2)36-26-10-8-21(15-33-26)25-12-24(42-19-30(3,4)40)18-38-28(25)22(14-32)16-35-38/h8-12,15-18,40H,2,7,13,19H2,1,3-6H3,(H,33,36)(H,37,39). The van der Waals surface area contributed by atoms with Gasteiger partial charge in [0.15, 0.2) is 0 Å². The summed E-state index contributed by atoms with van der Waals surface area (Å²) in [7, 11) is 1.53. The number of pyridine rings is 3. The van der Waals surface area contributed by atoms with E-state index in [-0.39, 0.29) is 12.5 Å². The molecule has 11 nitrogen and oxygen atoms in total. The number of methoxy groups -OCH3 is 1. The number of aromatic nitrogens is 4. The van der Waals surface area contributed by atoms with Gasteiger partial charge >= 0.3 is 0 Å². The number of carbonyl (C=O) groups is 1. The van der Waals surface area contributed by atoms with Crippen molar-refractivity contribution in [1.29, 1.82) is 5.26 Å². The number of hydrogen-bond acceptors (Lipinski definition) is 9. The predicted octanol–water partition coefficient (Wildman–Crippen LogP) is 5.19. The Morgan fingerprint density at radius 3 is 2.52 bits per heavy atom. The number of nitrogens with zero attached hydrogens (tertiary/aromatic N) is 5. The van der Waals surface area contributed by atoms with Crippen molar-refractivity contribution in [2.75, 3.05) is 24.4 Å². The van der Waals surface area contributed by atoms with Gasteiger partial charge in [0.2, 0.25) is 11.8 Å². The number of fused-ring (bicyclic) bond motifs is 1. The van der Waals surface area contributed by atoms with E-state index in [0.717, 1.165) is 5.56 Å². The zero-order valence-corrected chi connectivity index (χ0v) is 24.4. The summed E-state index contributed by atoms with van der Waals surface area (Å²) in [5.41, 5.74) is 1.96. The Morgan fingerprint density at radius 1 is 1.14 bits per heavy atom. The second-order valence-electron chi connectivity index (χ2n) is 10.9. The molecule has 0 aliphatic carbocycles. The average Bonchev–Trinajstić information content (AvgIpc) is 3.39. The number of anilines is 2. The quantitative estimate of drug-likeness (QED) is 0.210. The number of allylic oxidation sites excluding steroid dienone is 1. The highest BCUT2D eigenvalue weighted by atomic mass is 16.5. The number of hydrogen-bond donors (Lipinski definition) is 3. The van der Waals surface area contributed by atoms with Gasteiger partial charge in [-0.05, 0) is 44.5 Å². The highest BCUT2D eigenvalue weighted by Gasteiger charge is 2.32.